The van der Waals surface area contributed by atoms with Gasteiger partial charge in [-0.2, -0.15) is 0 Å². The van der Waals surface area contributed by atoms with Gasteiger partial charge in [-0.1, -0.05) is 31.2 Å². The standard InChI is InChI=1S/C24H28N4O3/c1-17-14-21(17)24(31)26-19-7-5-6-18(15-19)23(30)25-16-22(29)28-12-10-27(11-13-28)20-8-3-2-4-9-20/h2-9,15,17,21H,10-14,16H2,1H3,(H,25,30)(H,26,31). The molecule has 31 heavy (non-hydrogen) atoms. The number of benzene rings is 2. The third-order valence-corrected chi connectivity index (χ3v) is 5.99. The molecule has 7 heteroatoms. The number of anilines is 2. The molecule has 4 rings (SSSR count). The minimum absolute atomic E-state index is 0.00474. The van der Waals surface area contributed by atoms with Crippen molar-refractivity contribution in [3.05, 3.63) is 60.2 Å². The van der Waals surface area contributed by atoms with E-state index in [1.165, 1.54) is 0 Å². The molecule has 2 aromatic rings. The molecule has 0 spiro atoms. The van der Waals surface area contributed by atoms with Gasteiger partial charge in [0.2, 0.25) is 11.8 Å². The number of carbonyl (C=O) groups excluding carboxylic acids is 3. The minimum atomic E-state index is -0.327. The average molecular weight is 421 g/mol. The van der Waals surface area contributed by atoms with Crippen LogP contribution in [0.25, 0.3) is 0 Å². The zero-order valence-electron chi connectivity index (χ0n) is 17.7. The molecule has 2 N–H and O–H groups in total. The number of carbonyl (C=O) groups is 3. The van der Waals surface area contributed by atoms with E-state index in [2.05, 4.69) is 27.7 Å². The van der Waals surface area contributed by atoms with Gasteiger partial charge in [-0.25, -0.2) is 0 Å². The molecule has 2 unspecified atom stereocenters. The zero-order chi connectivity index (χ0) is 21.8. The van der Waals surface area contributed by atoms with E-state index >= 15 is 0 Å². The fourth-order valence-corrected chi connectivity index (χ4v) is 3.88. The number of hydrogen-bond acceptors (Lipinski definition) is 4. The van der Waals surface area contributed by atoms with Crippen LogP contribution < -0.4 is 15.5 Å². The number of amides is 3. The van der Waals surface area contributed by atoms with Gasteiger partial charge in [0.25, 0.3) is 5.91 Å². The summed E-state index contributed by atoms with van der Waals surface area (Å²) < 4.78 is 0. The second-order valence-electron chi connectivity index (χ2n) is 8.28. The highest BCUT2D eigenvalue weighted by Gasteiger charge is 2.39. The summed E-state index contributed by atoms with van der Waals surface area (Å²) in [5.74, 6) is 0.0693. The highest BCUT2D eigenvalue weighted by atomic mass is 16.2. The summed E-state index contributed by atoms with van der Waals surface area (Å²) in [6, 6.07) is 17.0. The van der Waals surface area contributed by atoms with Crippen molar-refractivity contribution in [2.24, 2.45) is 11.8 Å². The summed E-state index contributed by atoms with van der Waals surface area (Å²) in [4.78, 5) is 41.2. The van der Waals surface area contributed by atoms with Crippen LogP contribution >= 0.6 is 0 Å². The van der Waals surface area contributed by atoms with Gasteiger partial charge in [-0.15, -0.1) is 0 Å². The molecule has 7 nitrogen and oxygen atoms in total. The Morgan fingerprint density at radius 3 is 2.35 bits per heavy atom. The van der Waals surface area contributed by atoms with Gasteiger partial charge in [0.15, 0.2) is 0 Å². The van der Waals surface area contributed by atoms with Gasteiger partial charge in [-0.3, -0.25) is 14.4 Å². The molecule has 2 aliphatic rings. The Bertz CT molecular complexity index is 954. The van der Waals surface area contributed by atoms with Crippen LogP contribution in [0.2, 0.25) is 0 Å². The van der Waals surface area contributed by atoms with Gasteiger partial charge < -0.3 is 20.4 Å². The van der Waals surface area contributed by atoms with E-state index < -0.39 is 0 Å². The van der Waals surface area contributed by atoms with Crippen LogP contribution in [0.3, 0.4) is 0 Å². The molecular formula is C24H28N4O3. The molecule has 0 radical (unpaired) electrons. The van der Waals surface area contributed by atoms with E-state index in [4.69, 9.17) is 0 Å². The summed E-state index contributed by atoms with van der Waals surface area (Å²) in [6.45, 7) is 4.80. The maximum absolute atomic E-state index is 12.5. The highest BCUT2D eigenvalue weighted by Crippen LogP contribution is 2.38. The van der Waals surface area contributed by atoms with Crippen molar-refractivity contribution >= 4 is 29.1 Å². The van der Waals surface area contributed by atoms with Crippen molar-refractivity contribution in [2.45, 2.75) is 13.3 Å². The molecule has 0 bridgehead atoms. The normalized spacial score (nSPS) is 20.2. The lowest BCUT2D eigenvalue weighted by molar-refractivity contribution is -0.130. The quantitative estimate of drug-likeness (QED) is 0.752. The Labute approximate surface area is 182 Å². The first-order chi connectivity index (χ1) is 15.0. The molecule has 1 saturated heterocycles. The van der Waals surface area contributed by atoms with Gasteiger partial charge >= 0.3 is 0 Å². The lowest BCUT2D eigenvalue weighted by Crippen LogP contribution is -2.51. The Morgan fingerprint density at radius 2 is 1.68 bits per heavy atom. The zero-order valence-corrected chi connectivity index (χ0v) is 17.7. The predicted molar refractivity (Wildman–Crippen MR) is 120 cm³/mol. The summed E-state index contributed by atoms with van der Waals surface area (Å²) in [6.07, 6.45) is 0.910. The largest absolute Gasteiger partial charge is 0.368 e. The molecule has 3 amide bonds. The minimum Gasteiger partial charge on any atom is -0.368 e. The number of rotatable bonds is 6. The highest BCUT2D eigenvalue weighted by molar-refractivity contribution is 5.99. The molecule has 2 aromatic carbocycles. The number of nitrogens with one attached hydrogen (secondary N) is 2. The van der Waals surface area contributed by atoms with Crippen molar-refractivity contribution in [2.75, 3.05) is 42.9 Å². The fourth-order valence-electron chi connectivity index (χ4n) is 3.88. The van der Waals surface area contributed by atoms with Crippen LogP contribution in [0.1, 0.15) is 23.7 Å². The second-order valence-corrected chi connectivity index (χ2v) is 8.28. The van der Waals surface area contributed by atoms with Crippen molar-refractivity contribution in [3.8, 4) is 0 Å². The van der Waals surface area contributed by atoms with E-state index in [9.17, 15) is 14.4 Å². The number of para-hydroxylation sites is 1. The SMILES string of the molecule is CC1CC1C(=O)Nc1cccc(C(=O)NCC(=O)N2CCN(c3ccccc3)CC2)c1. The number of piperazine rings is 1. The predicted octanol–water partition coefficient (Wildman–Crippen LogP) is 2.36. The molecule has 2 atom stereocenters. The van der Waals surface area contributed by atoms with Crippen LogP contribution in [0.5, 0.6) is 0 Å². The van der Waals surface area contributed by atoms with E-state index in [0.717, 1.165) is 25.2 Å². The number of hydrogen-bond donors (Lipinski definition) is 2. The first-order valence-electron chi connectivity index (χ1n) is 10.8. The first kappa shape index (κ1) is 20.9. The van der Waals surface area contributed by atoms with Crippen LogP contribution in [0.4, 0.5) is 11.4 Å². The van der Waals surface area contributed by atoms with E-state index in [0.29, 0.717) is 30.3 Å². The smallest absolute Gasteiger partial charge is 0.251 e. The van der Waals surface area contributed by atoms with Crippen LogP contribution in [0, 0.1) is 11.8 Å². The van der Waals surface area contributed by atoms with E-state index in [1.807, 2.05) is 25.1 Å². The second kappa shape index (κ2) is 9.20. The summed E-state index contributed by atoms with van der Waals surface area (Å²) in [5, 5.41) is 5.57. The third-order valence-electron chi connectivity index (χ3n) is 5.99. The van der Waals surface area contributed by atoms with Gasteiger partial charge in [-0.05, 0) is 42.7 Å². The third kappa shape index (κ3) is 5.23. The topological polar surface area (TPSA) is 81.8 Å². The summed E-state index contributed by atoms with van der Waals surface area (Å²) in [5.41, 5.74) is 2.18. The Balaban J connectivity index is 1.24. The van der Waals surface area contributed by atoms with Crippen LogP contribution in [-0.2, 0) is 9.59 Å². The van der Waals surface area contributed by atoms with Crippen molar-refractivity contribution < 1.29 is 14.4 Å². The van der Waals surface area contributed by atoms with Gasteiger partial charge in [0, 0.05) is 49.0 Å². The monoisotopic (exact) mass is 420 g/mol. The lowest BCUT2D eigenvalue weighted by atomic mass is 10.1. The molecule has 0 aromatic heterocycles. The lowest BCUT2D eigenvalue weighted by Gasteiger charge is -2.36. The first-order valence-corrected chi connectivity index (χ1v) is 10.8. The average Bonchev–Trinajstić information content (AvgIpc) is 3.55. The molecule has 1 aliphatic heterocycles. The van der Waals surface area contributed by atoms with Crippen molar-refractivity contribution in [1.82, 2.24) is 10.2 Å². The molecule has 162 valence electrons. The maximum atomic E-state index is 12.5. The fraction of sp³-hybridized carbons (Fsp3) is 0.375. The van der Waals surface area contributed by atoms with Crippen LogP contribution in [0.15, 0.2) is 54.6 Å². The van der Waals surface area contributed by atoms with Gasteiger partial charge in [0.1, 0.15) is 0 Å². The Morgan fingerprint density at radius 1 is 0.968 bits per heavy atom. The molecule has 2 fully saturated rings. The maximum Gasteiger partial charge on any atom is 0.251 e. The Hall–Kier alpha value is -3.35. The van der Waals surface area contributed by atoms with Crippen molar-refractivity contribution in [1.29, 1.82) is 0 Å². The molecular weight excluding hydrogens is 392 g/mol. The summed E-state index contributed by atoms with van der Waals surface area (Å²) >= 11 is 0. The van der Waals surface area contributed by atoms with Crippen molar-refractivity contribution in [3.63, 3.8) is 0 Å². The van der Waals surface area contributed by atoms with E-state index in [1.54, 1.807) is 29.2 Å². The Kier molecular flexibility index (Phi) is 6.21. The van der Waals surface area contributed by atoms with E-state index in [-0.39, 0.29) is 30.2 Å². The molecule has 1 heterocycles. The summed E-state index contributed by atoms with van der Waals surface area (Å²) in [7, 11) is 0. The van der Waals surface area contributed by atoms with Crippen LogP contribution in [-0.4, -0.2) is 55.3 Å². The number of nitrogens with zero attached hydrogens (tertiary/aromatic N) is 2. The molecule has 1 saturated carbocycles. The molecule has 1 aliphatic carbocycles. The van der Waals surface area contributed by atoms with Gasteiger partial charge in [0.05, 0.1) is 6.54 Å².